The first-order valence-electron chi connectivity index (χ1n) is 8.13. The molecule has 2 aromatic rings. The van der Waals surface area contributed by atoms with E-state index >= 15 is 0 Å². The standard InChI is InChI=1S/C19H25NO4S/c1-5-19(24-4,16-9-7-6-8-10-16)14-20-25(21,22)18-12-11-17(23-3)13-15(18)2/h6-13,20H,5,14H2,1-4H3. The summed E-state index contributed by atoms with van der Waals surface area (Å²) in [5, 5.41) is 0. The first-order valence-corrected chi connectivity index (χ1v) is 9.62. The van der Waals surface area contributed by atoms with Crippen molar-refractivity contribution in [2.24, 2.45) is 0 Å². The molecule has 0 saturated carbocycles. The molecule has 2 rings (SSSR count). The molecule has 2 aromatic carbocycles. The zero-order valence-corrected chi connectivity index (χ0v) is 15.9. The van der Waals surface area contributed by atoms with Gasteiger partial charge in [0.05, 0.1) is 12.0 Å². The summed E-state index contributed by atoms with van der Waals surface area (Å²) in [5.41, 5.74) is 0.856. The van der Waals surface area contributed by atoms with Crippen LogP contribution in [0.1, 0.15) is 24.5 Å². The highest BCUT2D eigenvalue weighted by molar-refractivity contribution is 7.89. The van der Waals surface area contributed by atoms with Crippen LogP contribution in [0, 0.1) is 6.92 Å². The minimum atomic E-state index is -3.66. The summed E-state index contributed by atoms with van der Waals surface area (Å²) in [4.78, 5) is 0.238. The zero-order chi connectivity index (χ0) is 18.5. The maximum atomic E-state index is 12.8. The number of nitrogens with one attached hydrogen (secondary N) is 1. The van der Waals surface area contributed by atoms with E-state index in [4.69, 9.17) is 9.47 Å². The molecule has 0 aliphatic rings. The number of sulfonamides is 1. The fraction of sp³-hybridized carbons (Fsp3) is 0.368. The van der Waals surface area contributed by atoms with Gasteiger partial charge < -0.3 is 9.47 Å². The molecule has 1 N–H and O–H groups in total. The smallest absolute Gasteiger partial charge is 0.240 e. The van der Waals surface area contributed by atoms with E-state index < -0.39 is 15.6 Å². The monoisotopic (exact) mass is 363 g/mol. The lowest BCUT2D eigenvalue weighted by Gasteiger charge is -2.32. The molecule has 0 aliphatic heterocycles. The van der Waals surface area contributed by atoms with Gasteiger partial charge in [0, 0.05) is 13.7 Å². The van der Waals surface area contributed by atoms with Gasteiger partial charge in [-0.25, -0.2) is 13.1 Å². The average Bonchev–Trinajstić information content (AvgIpc) is 2.63. The van der Waals surface area contributed by atoms with Crippen molar-refractivity contribution in [2.75, 3.05) is 20.8 Å². The van der Waals surface area contributed by atoms with Gasteiger partial charge in [0.2, 0.25) is 10.0 Å². The lowest BCUT2D eigenvalue weighted by molar-refractivity contribution is -0.0133. The Balaban J connectivity index is 2.28. The molecule has 0 heterocycles. The minimum absolute atomic E-state index is 0.151. The highest BCUT2D eigenvalue weighted by Crippen LogP contribution is 2.29. The van der Waals surface area contributed by atoms with Crippen LogP contribution in [0.4, 0.5) is 0 Å². The molecule has 0 amide bonds. The molecule has 6 heteroatoms. The van der Waals surface area contributed by atoms with Crippen molar-refractivity contribution >= 4 is 10.0 Å². The van der Waals surface area contributed by atoms with Crippen LogP contribution < -0.4 is 9.46 Å². The number of methoxy groups -OCH3 is 2. The summed E-state index contributed by atoms with van der Waals surface area (Å²) in [7, 11) is -0.511. The van der Waals surface area contributed by atoms with Gasteiger partial charge in [0.25, 0.3) is 0 Å². The lowest BCUT2D eigenvalue weighted by Crippen LogP contribution is -2.42. The molecule has 5 nitrogen and oxygen atoms in total. The number of benzene rings is 2. The summed E-state index contributed by atoms with van der Waals surface area (Å²) >= 11 is 0. The van der Waals surface area contributed by atoms with Gasteiger partial charge >= 0.3 is 0 Å². The maximum absolute atomic E-state index is 12.8. The molecule has 0 aromatic heterocycles. The van der Waals surface area contributed by atoms with E-state index in [1.54, 1.807) is 39.3 Å². The summed E-state index contributed by atoms with van der Waals surface area (Å²) in [6.07, 6.45) is 0.637. The second-order valence-corrected chi connectivity index (χ2v) is 7.61. The van der Waals surface area contributed by atoms with E-state index in [2.05, 4.69) is 4.72 Å². The normalized spacial score (nSPS) is 14.1. The summed E-state index contributed by atoms with van der Waals surface area (Å²) in [5.74, 6) is 0.625. The number of rotatable bonds is 8. The van der Waals surface area contributed by atoms with Gasteiger partial charge in [-0.3, -0.25) is 0 Å². The highest BCUT2D eigenvalue weighted by atomic mass is 32.2. The van der Waals surface area contributed by atoms with Gasteiger partial charge in [-0.15, -0.1) is 0 Å². The predicted molar refractivity (Wildman–Crippen MR) is 98.3 cm³/mol. The van der Waals surface area contributed by atoms with E-state index in [1.807, 2.05) is 37.3 Å². The molecule has 0 aliphatic carbocycles. The van der Waals surface area contributed by atoms with Crippen LogP contribution in [0.2, 0.25) is 0 Å². The third-order valence-electron chi connectivity index (χ3n) is 4.48. The van der Waals surface area contributed by atoms with Gasteiger partial charge in [-0.2, -0.15) is 0 Å². The van der Waals surface area contributed by atoms with Crippen LogP contribution in [0.3, 0.4) is 0 Å². The van der Waals surface area contributed by atoms with Crippen LogP contribution in [0.25, 0.3) is 0 Å². The average molecular weight is 363 g/mol. The van der Waals surface area contributed by atoms with E-state index in [9.17, 15) is 8.42 Å². The van der Waals surface area contributed by atoms with Crippen LogP contribution in [0.15, 0.2) is 53.4 Å². The summed E-state index contributed by atoms with van der Waals surface area (Å²) in [6.45, 7) is 3.87. The van der Waals surface area contributed by atoms with Gasteiger partial charge in [-0.1, -0.05) is 37.3 Å². The Labute approximate surface area is 150 Å². The van der Waals surface area contributed by atoms with Crippen molar-refractivity contribution in [3.8, 4) is 5.75 Å². The van der Waals surface area contributed by atoms with Crippen molar-refractivity contribution in [2.45, 2.75) is 30.8 Å². The van der Waals surface area contributed by atoms with E-state index in [1.165, 1.54) is 0 Å². The third kappa shape index (κ3) is 4.21. The molecule has 0 fully saturated rings. The van der Waals surface area contributed by atoms with Crippen molar-refractivity contribution in [1.29, 1.82) is 0 Å². The van der Waals surface area contributed by atoms with Crippen LogP contribution >= 0.6 is 0 Å². The van der Waals surface area contributed by atoms with Crippen molar-refractivity contribution < 1.29 is 17.9 Å². The summed E-state index contributed by atoms with van der Waals surface area (Å²) in [6, 6.07) is 14.5. The van der Waals surface area contributed by atoms with Crippen molar-refractivity contribution in [3.63, 3.8) is 0 Å². The van der Waals surface area contributed by atoms with Crippen molar-refractivity contribution in [3.05, 3.63) is 59.7 Å². The molecular weight excluding hydrogens is 338 g/mol. The van der Waals surface area contributed by atoms with Crippen LogP contribution in [-0.4, -0.2) is 29.2 Å². The predicted octanol–water partition coefficient (Wildman–Crippen LogP) is 3.23. The Kier molecular flexibility index (Phi) is 6.21. The minimum Gasteiger partial charge on any atom is -0.497 e. The molecule has 0 spiro atoms. The molecule has 25 heavy (non-hydrogen) atoms. The maximum Gasteiger partial charge on any atom is 0.240 e. The number of ether oxygens (including phenoxy) is 2. The first kappa shape index (κ1) is 19.4. The number of hydrogen-bond acceptors (Lipinski definition) is 4. The summed E-state index contributed by atoms with van der Waals surface area (Å²) < 4.78 is 39.1. The second kappa shape index (κ2) is 7.99. The van der Waals surface area contributed by atoms with Gasteiger partial charge in [0.1, 0.15) is 11.4 Å². The Hall–Kier alpha value is -1.89. The zero-order valence-electron chi connectivity index (χ0n) is 15.1. The topological polar surface area (TPSA) is 64.6 Å². The van der Waals surface area contributed by atoms with Crippen molar-refractivity contribution in [1.82, 2.24) is 4.72 Å². The molecule has 1 unspecified atom stereocenters. The Morgan fingerprint density at radius 1 is 1.08 bits per heavy atom. The Morgan fingerprint density at radius 2 is 1.76 bits per heavy atom. The number of aryl methyl sites for hydroxylation is 1. The lowest BCUT2D eigenvalue weighted by atomic mass is 9.91. The third-order valence-corrected chi connectivity index (χ3v) is 6.04. The van der Waals surface area contributed by atoms with E-state index in [-0.39, 0.29) is 11.4 Å². The van der Waals surface area contributed by atoms with E-state index in [0.717, 1.165) is 5.56 Å². The van der Waals surface area contributed by atoms with Crippen LogP contribution in [-0.2, 0) is 20.4 Å². The molecular formula is C19H25NO4S. The molecule has 1 atom stereocenters. The fourth-order valence-electron chi connectivity index (χ4n) is 2.85. The molecule has 0 saturated heterocycles. The number of hydrogen-bond donors (Lipinski definition) is 1. The largest absolute Gasteiger partial charge is 0.497 e. The first-order chi connectivity index (χ1) is 11.9. The van der Waals surface area contributed by atoms with Gasteiger partial charge in [0.15, 0.2) is 0 Å². The second-order valence-electron chi connectivity index (χ2n) is 5.87. The van der Waals surface area contributed by atoms with Crippen LogP contribution in [0.5, 0.6) is 5.75 Å². The Morgan fingerprint density at radius 3 is 2.28 bits per heavy atom. The molecule has 0 radical (unpaired) electrons. The fourth-order valence-corrected chi connectivity index (χ4v) is 4.16. The Bertz CT molecular complexity index is 799. The highest BCUT2D eigenvalue weighted by Gasteiger charge is 2.32. The quantitative estimate of drug-likeness (QED) is 0.782. The van der Waals surface area contributed by atoms with E-state index in [0.29, 0.717) is 17.7 Å². The van der Waals surface area contributed by atoms with Gasteiger partial charge in [-0.05, 0) is 42.7 Å². The molecule has 136 valence electrons. The molecule has 0 bridgehead atoms. The SMILES string of the molecule is CCC(CNS(=O)(=O)c1ccc(OC)cc1C)(OC)c1ccccc1.